The lowest BCUT2D eigenvalue weighted by molar-refractivity contribution is 0.667. The maximum atomic E-state index is 6.34. The van der Waals surface area contributed by atoms with Gasteiger partial charge in [-0.25, -0.2) is 29.9 Å². The lowest BCUT2D eigenvalue weighted by Gasteiger charge is -2.15. The molecule has 0 fully saturated rings. The van der Waals surface area contributed by atoms with Crippen LogP contribution in [0.3, 0.4) is 0 Å². The van der Waals surface area contributed by atoms with Gasteiger partial charge < -0.3 is 13.6 Å². The zero-order valence-electron chi connectivity index (χ0n) is 77.5. The number of furan rings is 1. The van der Waals surface area contributed by atoms with Gasteiger partial charge in [0.2, 0.25) is 0 Å². The summed E-state index contributed by atoms with van der Waals surface area (Å²) in [6.45, 7) is 0. The van der Waals surface area contributed by atoms with Gasteiger partial charge in [0, 0.05) is 135 Å². The van der Waals surface area contributed by atoms with Crippen LogP contribution in [0, 0.1) is 0 Å². The number of hydrogen-bond acceptors (Lipinski definition) is 11. The summed E-state index contributed by atoms with van der Waals surface area (Å²) in [4.78, 5) is 36.2. The fourth-order valence-electron chi connectivity index (χ4n) is 22.6. The molecule has 14 heteroatoms. The van der Waals surface area contributed by atoms with Crippen LogP contribution in [-0.4, -0.2) is 48.6 Å². The average molecular weight is 1900 g/mol. The number of nitrogens with zero attached hydrogens (tertiary/aromatic N) is 10. The third-order valence-corrected chi connectivity index (χ3v) is 32.5. The Morgan fingerprint density at radius 3 is 1.05 bits per heavy atom. The molecular weight excluding hydrogens is 1830 g/mol. The minimum Gasteiger partial charge on any atom is -0.452 e. The van der Waals surface area contributed by atoms with E-state index in [0.717, 1.165) is 123 Å². The van der Waals surface area contributed by atoms with E-state index >= 15 is 0 Å². The van der Waals surface area contributed by atoms with Crippen molar-refractivity contribution in [2.24, 2.45) is 0 Å². The van der Waals surface area contributed by atoms with Crippen LogP contribution in [0.15, 0.2) is 466 Å². The van der Waals surface area contributed by atoms with Gasteiger partial charge in [-0.2, -0.15) is 0 Å². The van der Waals surface area contributed by atoms with Gasteiger partial charge in [0.05, 0.1) is 80.7 Å². The van der Waals surface area contributed by atoms with Crippen molar-refractivity contribution in [2.45, 2.75) is 0 Å². The molecule has 0 bridgehead atoms. The summed E-state index contributed by atoms with van der Waals surface area (Å²) in [6, 6.07) is 161. The van der Waals surface area contributed by atoms with Crippen molar-refractivity contribution in [3.63, 3.8) is 0 Å². The first kappa shape index (κ1) is 82.3. The number of thiophene rings is 3. The number of pyridine rings is 1. The molecule has 21 aromatic carbocycles. The van der Waals surface area contributed by atoms with Crippen molar-refractivity contribution in [1.29, 1.82) is 0 Å². The number of hydrogen-bond donors (Lipinski definition) is 0. The van der Waals surface area contributed by atoms with Crippen molar-refractivity contribution < 1.29 is 4.42 Å². The fourth-order valence-corrected chi connectivity index (χ4v) is 26.4. The largest absolute Gasteiger partial charge is 0.452 e. The van der Waals surface area contributed by atoms with Crippen LogP contribution in [-0.2, 0) is 0 Å². The SMILES string of the molecule is c1ccc(-c2ccc(-c3nc4ccccc4nc3-c3ccc(-n4c5ccccc5c5c6ccccc6c6c7ccccc7sc6c54)cc3)cc2)cc1.c1ccc(-c2nc(-c3ccc(-n4c5ccccc5c5c6ccccc6c6c7ccccc7sc6c54)cc3)nc3c2oc2ccccc23)cc1.c1ccc(-c2nc3c(ccc4cccnc43)nc2-n2c3ccccc3c3c4ccccc4c4c5ccccc5sc4c32)cc1. The van der Waals surface area contributed by atoms with Crippen LogP contribution >= 0.6 is 34.0 Å². The minimum absolute atomic E-state index is 0.671. The van der Waals surface area contributed by atoms with Gasteiger partial charge in [0.25, 0.3) is 0 Å². The van der Waals surface area contributed by atoms with E-state index in [4.69, 9.17) is 39.3 Å². The Labute approximate surface area is 839 Å². The summed E-state index contributed by atoms with van der Waals surface area (Å²) in [5.41, 5.74) is 26.8. The summed E-state index contributed by atoms with van der Waals surface area (Å²) in [7, 11) is 0. The molecular formula is C131H76N10OS3. The van der Waals surface area contributed by atoms with Crippen LogP contribution < -0.4 is 0 Å². The van der Waals surface area contributed by atoms with Crippen molar-refractivity contribution in [3.8, 4) is 84.7 Å². The zero-order chi connectivity index (χ0) is 95.0. The molecule has 0 spiro atoms. The van der Waals surface area contributed by atoms with E-state index in [0.29, 0.717) is 11.4 Å². The quantitative estimate of drug-likeness (QED) is 0.131. The standard InChI is InChI=1S/C48H29N3S.C44H25N3OS.C39H22N4S/c1-2-12-30(13-3-1)31-22-24-32(25-23-31)45-46(50-40-19-9-8-18-39(40)49-45)33-26-28-34(29-27-33)51-41-20-10-6-16-37(41)43-35-14-4-5-15-36(35)44-38-17-7-11-21-42(38)52-48(44)47(43)51;1-2-12-26(13-3-1)39-42-40(32-17-7-10-20-35(32)48-42)46-44(45-39)27-22-24-28(25-23-27)47-34-19-9-6-16-31(34)37-29-14-4-5-15-30(29)38-33-18-8-11-21-36(33)49-43(38)41(37)47;1-2-11-23(12-3-1)35-39(41-29-21-20-24-13-10-22-40-34(24)36(29)42-35)43-30-18-8-6-16-27(30)32-25-14-4-5-15-26(25)33-28-17-7-9-19-31(28)44-38(33)37(32)43/h1-29H;1-25H;1-22H. The Kier molecular flexibility index (Phi) is 18.8. The fraction of sp³-hybridized carbons (Fsp3) is 0. The highest BCUT2D eigenvalue weighted by atomic mass is 32.1. The Balaban J connectivity index is 0.000000101. The van der Waals surface area contributed by atoms with E-state index in [1.54, 1.807) is 0 Å². The molecule has 0 unspecified atom stereocenters. The number of para-hydroxylation sites is 6. The molecule has 0 aliphatic carbocycles. The molecule has 0 saturated carbocycles. The molecule has 11 aromatic heterocycles. The van der Waals surface area contributed by atoms with Crippen molar-refractivity contribution >= 4 is 247 Å². The molecule has 0 atom stereocenters. The van der Waals surface area contributed by atoms with Crippen molar-refractivity contribution in [3.05, 3.63) is 461 Å². The average Bonchev–Trinajstić information content (AvgIpc) is 1.55. The second-order valence-electron chi connectivity index (χ2n) is 37.0. The van der Waals surface area contributed by atoms with E-state index in [-0.39, 0.29) is 0 Å². The molecule has 0 aliphatic heterocycles. The third-order valence-electron chi connectivity index (χ3n) is 29.0. The summed E-state index contributed by atoms with van der Waals surface area (Å²) in [5, 5.41) is 25.2. The predicted molar refractivity (Wildman–Crippen MR) is 611 cm³/mol. The first-order chi connectivity index (χ1) is 72.0. The molecule has 32 aromatic rings. The van der Waals surface area contributed by atoms with Gasteiger partial charge in [-0.3, -0.25) is 9.55 Å². The Hall–Kier alpha value is -18.6. The second-order valence-corrected chi connectivity index (χ2v) is 40.2. The van der Waals surface area contributed by atoms with Gasteiger partial charge in [0.15, 0.2) is 17.2 Å². The first-order valence-electron chi connectivity index (χ1n) is 48.7. The Morgan fingerprint density at radius 2 is 0.566 bits per heavy atom. The number of benzene rings is 21. The zero-order valence-corrected chi connectivity index (χ0v) is 79.9. The van der Waals surface area contributed by atoms with E-state index in [9.17, 15) is 0 Å². The molecule has 674 valence electrons. The second kappa shape index (κ2) is 33.0. The van der Waals surface area contributed by atoms with E-state index in [1.807, 2.05) is 119 Å². The van der Waals surface area contributed by atoms with Crippen LogP contribution in [0.1, 0.15) is 0 Å². The summed E-state index contributed by atoms with van der Waals surface area (Å²) in [5.74, 6) is 1.49. The molecule has 32 rings (SSSR count). The van der Waals surface area contributed by atoms with Gasteiger partial charge in [0.1, 0.15) is 28.0 Å². The topological polar surface area (TPSA) is 118 Å². The molecule has 145 heavy (non-hydrogen) atoms. The van der Waals surface area contributed by atoms with E-state index in [2.05, 4.69) is 390 Å². The monoisotopic (exact) mass is 1900 g/mol. The number of fused-ring (bicyclic) bond motifs is 37. The molecule has 0 aliphatic rings. The highest BCUT2D eigenvalue weighted by molar-refractivity contribution is 7.28. The summed E-state index contributed by atoms with van der Waals surface area (Å²) in [6.07, 6.45) is 1.83. The first-order valence-corrected chi connectivity index (χ1v) is 51.2. The normalized spacial score (nSPS) is 12.0. The van der Waals surface area contributed by atoms with Crippen molar-refractivity contribution in [2.75, 3.05) is 0 Å². The molecule has 0 saturated heterocycles. The Morgan fingerprint density at radius 1 is 0.207 bits per heavy atom. The molecule has 0 N–H and O–H groups in total. The molecule has 11 nitrogen and oxygen atoms in total. The highest BCUT2D eigenvalue weighted by Crippen LogP contribution is 2.54. The number of rotatable bonds is 9. The van der Waals surface area contributed by atoms with Gasteiger partial charge >= 0.3 is 0 Å². The van der Waals surface area contributed by atoms with Gasteiger partial charge in [-0.1, -0.05) is 346 Å². The van der Waals surface area contributed by atoms with Gasteiger partial charge in [-0.15, -0.1) is 34.0 Å². The van der Waals surface area contributed by atoms with E-state index in [1.165, 1.54) is 164 Å². The Bertz CT molecular complexity index is 11000. The molecule has 0 radical (unpaired) electrons. The predicted octanol–water partition coefficient (Wildman–Crippen LogP) is 36.0. The van der Waals surface area contributed by atoms with Crippen molar-refractivity contribution in [1.82, 2.24) is 48.6 Å². The minimum atomic E-state index is 0.671. The maximum absolute atomic E-state index is 6.34. The lowest BCUT2D eigenvalue weighted by atomic mass is 9.99. The highest BCUT2D eigenvalue weighted by Gasteiger charge is 2.30. The number of aromatic nitrogens is 10. The lowest BCUT2D eigenvalue weighted by Crippen LogP contribution is -2.04. The maximum Gasteiger partial charge on any atom is 0.180 e. The van der Waals surface area contributed by atoms with Crippen LogP contribution in [0.2, 0.25) is 0 Å². The van der Waals surface area contributed by atoms with E-state index < -0.39 is 0 Å². The van der Waals surface area contributed by atoms with Crippen LogP contribution in [0.5, 0.6) is 0 Å². The van der Waals surface area contributed by atoms with Crippen LogP contribution in [0.4, 0.5) is 0 Å². The molecule has 0 amide bonds. The summed E-state index contributed by atoms with van der Waals surface area (Å²) >= 11 is 5.63. The van der Waals surface area contributed by atoms with Crippen LogP contribution in [0.25, 0.3) is 298 Å². The van der Waals surface area contributed by atoms with Gasteiger partial charge in [-0.05, 0) is 153 Å². The molecule has 11 heterocycles. The third kappa shape index (κ3) is 12.9. The summed E-state index contributed by atoms with van der Waals surface area (Å²) < 4.78 is 21.4. The smallest absolute Gasteiger partial charge is 0.180 e.